The van der Waals surface area contributed by atoms with E-state index in [1.807, 2.05) is 44.4 Å². The molecular formula is C23H26ClFN4O2S. The van der Waals surface area contributed by atoms with E-state index in [2.05, 4.69) is 9.88 Å². The second-order valence-electron chi connectivity index (χ2n) is 8.00. The van der Waals surface area contributed by atoms with Crippen LogP contribution in [0, 0.1) is 11.7 Å². The number of nitrogens with zero attached hydrogens (tertiary/aromatic N) is 4. The summed E-state index contributed by atoms with van der Waals surface area (Å²) in [6.07, 6.45) is 0.948. The molecule has 0 N–H and O–H groups in total. The van der Waals surface area contributed by atoms with Gasteiger partial charge in [0.2, 0.25) is 11.8 Å². The molecule has 1 aliphatic rings. The number of fused-ring (bicyclic) bond motifs is 1. The van der Waals surface area contributed by atoms with Crippen molar-refractivity contribution in [1.29, 1.82) is 0 Å². The SMILES string of the molecule is CN(C)CCCN(C(=O)C1CC(=O)N(c2ccccc2)C1)c1nc2ccc(F)cc2s1.Cl. The van der Waals surface area contributed by atoms with Crippen molar-refractivity contribution in [3.8, 4) is 0 Å². The number of carbonyl (C=O) groups excluding carboxylic acids is 2. The highest BCUT2D eigenvalue weighted by atomic mass is 35.5. The van der Waals surface area contributed by atoms with Gasteiger partial charge in [-0.15, -0.1) is 12.4 Å². The average Bonchev–Trinajstić information content (AvgIpc) is 3.34. The number of para-hydroxylation sites is 1. The van der Waals surface area contributed by atoms with Crippen molar-refractivity contribution in [3.63, 3.8) is 0 Å². The summed E-state index contributed by atoms with van der Waals surface area (Å²) in [5, 5.41) is 0.551. The van der Waals surface area contributed by atoms with Crippen LogP contribution in [0.1, 0.15) is 12.8 Å². The maximum Gasteiger partial charge on any atom is 0.234 e. The van der Waals surface area contributed by atoms with Crippen LogP contribution in [0.5, 0.6) is 0 Å². The number of anilines is 2. The highest BCUT2D eigenvalue weighted by Crippen LogP contribution is 2.32. The number of amides is 2. The fraction of sp³-hybridized carbons (Fsp3) is 0.348. The summed E-state index contributed by atoms with van der Waals surface area (Å²) in [6, 6.07) is 13.9. The first-order valence-electron chi connectivity index (χ1n) is 10.3. The summed E-state index contributed by atoms with van der Waals surface area (Å²) >= 11 is 1.31. The summed E-state index contributed by atoms with van der Waals surface area (Å²) in [4.78, 5) is 36.1. The van der Waals surface area contributed by atoms with Gasteiger partial charge in [-0.1, -0.05) is 29.5 Å². The molecule has 4 rings (SSSR count). The van der Waals surface area contributed by atoms with E-state index in [4.69, 9.17) is 0 Å². The zero-order valence-electron chi connectivity index (χ0n) is 18.0. The van der Waals surface area contributed by atoms with Crippen LogP contribution in [0.3, 0.4) is 0 Å². The predicted octanol–water partition coefficient (Wildman–Crippen LogP) is 4.20. The molecule has 0 bridgehead atoms. The van der Waals surface area contributed by atoms with Gasteiger partial charge in [-0.2, -0.15) is 0 Å². The average molecular weight is 477 g/mol. The first-order chi connectivity index (χ1) is 14.9. The topological polar surface area (TPSA) is 56.8 Å². The van der Waals surface area contributed by atoms with Gasteiger partial charge in [0.15, 0.2) is 5.13 Å². The standard InChI is InChI=1S/C23H25FN4O2S.ClH/c1-26(2)11-6-12-27(23-25-19-10-9-17(24)14-20(19)31-23)22(30)16-13-21(29)28(15-16)18-7-4-3-5-8-18;/h3-5,7-10,14,16H,6,11-13,15H2,1-2H3;1H. The van der Waals surface area contributed by atoms with E-state index in [0.29, 0.717) is 28.4 Å². The van der Waals surface area contributed by atoms with Crippen LogP contribution in [0.15, 0.2) is 48.5 Å². The number of benzene rings is 2. The fourth-order valence-electron chi connectivity index (χ4n) is 3.80. The molecule has 0 spiro atoms. The maximum absolute atomic E-state index is 13.6. The molecule has 1 atom stereocenters. The Hall–Kier alpha value is -2.55. The van der Waals surface area contributed by atoms with E-state index < -0.39 is 5.92 Å². The van der Waals surface area contributed by atoms with Gasteiger partial charge in [0.1, 0.15) is 5.82 Å². The van der Waals surface area contributed by atoms with Gasteiger partial charge in [-0.3, -0.25) is 14.5 Å². The zero-order valence-corrected chi connectivity index (χ0v) is 19.7. The van der Waals surface area contributed by atoms with Crippen LogP contribution >= 0.6 is 23.7 Å². The third-order valence-electron chi connectivity index (χ3n) is 5.37. The van der Waals surface area contributed by atoms with Crippen LogP contribution in [0.25, 0.3) is 10.2 Å². The van der Waals surface area contributed by atoms with Crippen LogP contribution in [-0.4, -0.2) is 55.4 Å². The number of hydrogen-bond donors (Lipinski definition) is 0. The van der Waals surface area contributed by atoms with Gasteiger partial charge in [0.05, 0.1) is 16.1 Å². The summed E-state index contributed by atoms with van der Waals surface area (Å²) in [5.74, 6) is -0.918. The van der Waals surface area contributed by atoms with Gasteiger partial charge < -0.3 is 9.80 Å². The molecule has 1 saturated heterocycles. The minimum absolute atomic E-state index is 0. The normalized spacial score (nSPS) is 15.9. The lowest BCUT2D eigenvalue weighted by atomic mass is 10.1. The lowest BCUT2D eigenvalue weighted by molar-refractivity contribution is -0.124. The fourth-order valence-corrected chi connectivity index (χ4v) is 4.82. The van der Waals surface area contributed by atoms with Crippen LogP contribution in [0.2, 0.25) is 0 Å². The van der Waals surface area contributed by atoms with Crippen molar-refractivity contribution in [2.75, 3.05) is 43.5 Å². The molecule has 6 nitrogen and oxygen atoms in total. The zero-order chi connectivity index (χ0) is 22.0. The van der Waals surface area contributed by atoms with E-state index in [1.165, 1.54) is 23.5 Å². The number of hydrogen-bond acceptors (Lipinski definition) is 5. The molecule has 1 fully saturated rings. The van der Waals surface area contributed by atoms with Crippen molar-refractivity contribution < 1.29 is 14.0 Å². The molecule has 1 aromatic heterocycles. The Morgan fingerprint density at radius 3 is 2.66 bits per heavy atom. The quantitative estimate of drug-likeness (QED) is 0.513. The molecule has 1 aliphatic heterocycles. The van der Waals surface area contributed by atoms with E-state index in [1.54, 1.807) is 15.9 Å². The molecule has 32 heavy (non-hydrogen) atoms. The van der Waals surface area contributed by atoms with Crippen molar-refractivity contribution in [2.24, 2.45) is 5.92 Å². The summed E-state index contributed by atoms with van der Waals surface area (Å²) in [7, 11) is 3.97. The van der Waals surface area contributed by atoms with Crippen molar-refractivity contribution in [3.05, 3.63) is 54.3 Å². The maximum atomic E-state index is 13.6. The smallest absolute Gasteiger partial charge is 0.234 e. The van der Waals surface area contributed by atoms with Crippen LogP contribution < -0.4 is 9.80 Å². The van der Waals surface area contributed by atoms with E-state index in [9.17, 15) is 14.0 Å². The van der Waals surface area contributed by atoms with Gasteiger partial charge in [0, 0.05) is 25.2 Å². The Kier molecular flexibility index (Phi) is 7.82. The molecule has 0 radical (unpaired) electrons. The van der Waals surface area contributed by atoms with Crippen molar-refractivity contribution >= 4 is 56.6 Å². The number of halogens is 2. The molecule has 3 aromatic rings. The van der Waals surface area contributed by atoms with E-state index in [0.717, 1.165) is 18.7 Å². The predicted molar refractivity (Wildman–Crippen MR) is 129 cm³/mol. The lowest BCUT2D eigenvalue weighted by Gasteiger charge is -2.24. The minimum Gasteiger partial charge on any atom is -0.312 e. The first-order valence-corrected chi connectivity index (χ1v) is 11.1. The molecule has 170 valence electrons. The second-order valence-corrected chi connectivity index (χ2v) is 9.01. The second kappa shape index (κ2) is 10.4. The van der Waals surface area contributed by atoms with E-state index in [-0.39, 0.29) is 36.5 Å². The Labute approximate surface area is 197 Å². The Morgan fingerprint density at radius 2 is 1.94 bits per heavy atom. The van der Waals surface area contributed by atoms with Gasteiger partial charge >= 0.3 is 0 Å². The lowest BCUT2D eigenvalue weighted by Crippen LogP contribution is -2.39. The van der Waals surface area contributed by atoms with Crippen LogP contribution in [0.4, 0.5) is 15.2 Å². The Bertz CT molecular complexity index is 1090. The molecule has 0 saturated carbocycles. The number of thiazole rings is 1. The van der Waals surface area contributed by atoms with Crippen molar-refractivity contribution in [1.82, 2.24) is 9.88 Å². The Balaban J connectivity index is 0.00000289. The molecule has 2 aromatic carbocycles. The number of carbonyl (C=O) groups is 2. The number of aromatic nitrogens is 1. The summed E-state index contributed by atoms with van der Waals surface area (Å²) in [6.45, 7) is 1.67. The highest BCUT2D eigenvalue weighted by Gasteiger charge is 2.38. The van der Waals surface area contributed by atoms with Gasteiger partial charge in [-0.25, -0.2) is 9.37 Å². The molecular weight excluding hydrogens is 451 g/mol. The molecule has 2 heterocycles. The monoisotopic (exact) mass is 476 g/mol. The van der Waals surface area contributed by atoms with Gasteiger partial charge in [-0.05, 0) is 57.4 Å². The first kappa shape index (κ1) is 24.1. The summed E-state index contributed by atoms with van der Waals surface area (Å²) in [5.41, 5.74) is 1.47. The van der Waals surface area contributed by atoms with Gasteiger partial charge in [0.25, 0.3) is 0 Å². The minimum atomic E-state index is -0.434. The van der Waals surface area contributed by atoms with Crippen molar-refractivity contribution in [2.45, 2.75) is 12.8 Å². The third-order valence-corrected chi connectivity index (χ3v) is 6.41. The third kappa shape index (κ3) is 5.26. The Morgan fingerprint density at radius 1 is 1.19 bits per heavy atom. The summed E-state index contributed by atoms with van der Waals surface area (Å²) < 4.78 is 14.3. The highest BCUT2D eigenvalue weighted by molar-refractivity contribution is 7.22. The number of rotatable bonds is 7. The molecule has 1 unspecified atom stereocenters. The van der Waals surface area contributed by atoms with Crippen LogP contribution in [-0.2, 0) is 9.59 Å². The molecule has 2 amide bonds. The molecule has 9 heteroatoms. The molecule has 0 aliphatic carbocycles. The largest absolute Gasteiger partial charge is 0.312 e. The van der Waals surface area contributed by atoms with E-state index >= 15 is 0 Å².